The van der Waals surface area contributed by atoms with E-state index in [0.29, 0.717) is 6.42 Å². The fourth-order valence-electron chi connectivity index (χ4n) is 2.32. The van der Waals surface area contributed by atoms with Crippen LogP contribution in [0, 0.1) is 0 Å². The largest absolute Gasteiger partial charge is 0.369 e. The molecule has 2 N–H and O–H groups in total. The first-order chi connectivity index (χ1) is 9.22. The summed E-state index contributed by atoms with van der Waals surface area (Å²) in [5.74, 6) is -0.286. The fraction of sp³-hybridized carbons (Fsp3) is 0.200. The summed E-state index contributed by atoms with van der Waals surface area (Å²) in [6.07, 6.45) is 4.11. The molecule has 0 unspecified atom stereocenters. The van der Waals surface area contributed by atoms with Gasteiger partial charge in [0.2, 0.25) is 5.91 Å². The zero-order chi connectivity index (χ0) is 13.2. The number of hydrogen-bond donors (Lipinski definition) is 1. The first-order valence-corrected chi connectivity index (χ1v) is 7.06. The lowest BCUT2D eigenvalue weighted by molar-refractivity contribution is -0.117. The SMILES string of the molecule is NC(=O)Cc1ccc2c(c1)CCc1cccnc1S2. The highest BCUT2D eigenvalue weighted by atomic mass is 32.2. The van der Waals surface area contributed by atoms with Gasteiger partial charge in [0.1, 0.15) is 5.03 Å². The number of aromatic nitrogens is 1. The first-order valence-electron chi connectivity index (χ1n) is 6.24. The van der Waals surface area contributed by atoms with Crippen molar-refractivity contribution in [2.75, 3.05) is 0 Å². The maximum absolute atomic E-state index is 11.0. The lowest BCUT2D eigenvalue weighted by Crippen LogP contribution is -2.13. The Morgan fingerprint density at radius 3 is 2.95 bits per heavy atom. The van der Waals surface area contributed by atoms with Gasteiger partial charge >= 0.3 is 0 Å². The first kappa shape index (κ1) is 12.2. The lowest BCUT2D eigenvalue weighted by Gasteiger charge is -2.07. The smallest absolute Gasteiger partial charge is 0.221 e. The second-order valence-electron chi connectivity index (χ2n) is 4.65. The molecule has 4 heteroatoms. The van der Waals surface area contributed by atoms with E-state index in [4.69, 9.17) is 5.73 Å². The average Bonchev–Trinajstić information content (AvgIpc) is 2.57. The number of rotatable bonds is 2. The summed E-state index contributed by atoms with van der Waals surface area (Å²) >= 11 is 1.70. The summed E-state index contributed by atoms with van der Waals surface area (Å²) in [4.78, 5) is 16.7. The molecule has 2 aromatic rings. The average molecular weight is 270 g/mol. The van der Waals surface area contributed by atoms with Crippen molar-refractivity contribution in [3.8, 4) is 0 Å². The molecule has 96 valence electrons. The third-order valence-electron chi connectivity index (χ3n) is 3.22. The quantitative estimate of drug-likeness (QED) is 0.911. The van der Waals surface area contributed by atoms with E-state index < -0.39 is 0 Å². The van der Waals surface area contributed by atoms with E-state index in [0.717, 1.165) is 23.4 Å². The van der Waals surface area contributed by atoms with Crippen LogP contribution in [0.5, 0.6) is 0 Å². The molecular weight excluding hydrogens is 256 g/mol. The summed E-state index contributed by atoms with van der Waals surface area (Å²) in [5, 5.41) is 1.09. The molecule has 1 aliphatic heterocycles. The molecule has 1 aliphatic rings. The van der Waals surface area contributed by atoms with Gasteiger partial charge in [-0.15, -0.1) is 0 Å². The molecular formula is C15H14N2OS. The van der Waals surface area contributed by atoms with Crippen LogP contribution in [0.15, 0.2) is 46.5 Å². The van der Waals surface area contributed by atoms with Crippen LogP contribution in [0.25, 0.3) is 0 Å². The van der Waals surface area contributed by atoms with Crippen molar-refractivity contribution < 1.29 is 4.79 Å². The van der Waals surface area contributed by atoms with Crippen LogP contribution >= 0.6 is 11.8 Å². The number of carbonyl (C=O) groups is 1. The summed E-state index contributed by atoms with van der Waals surface area (Å²) in [7, 11) is 0. The van der Waals surface area contributed by atoms with Crippen LogP contribution in [-0.2, 0) is 24.1 Å². The molecule has 1 aromatic carbocycles. The van der Waals surface area contributed by atoms with Gasteiger partial charge in [-0.1, -0.05) is 30.0 Å². The Morgan fingerprint density at radius 1 is 1.26 bits per heavy atom. The summed E-state index contributed by atoms with van der Waals surface area (Å²) in [5.41, 5.74) is 8.81. The predicted octanol–water partition coefficient (Wildman–Crippen LogP) is 2.36. The number of aryl methyl sites for hydroxylation is 2. The monoisotopic (exact) mass is 270 g/mol. The Bertz CT molecular complexity index is 640. The van der Waals surface area contributed by atoms with Gasteiger partial charge in [0, 0.05) is 11.1 Å². The zero-order valence-corrected chi connectivity index (χ0v) is 11.2. The molecule has 1 aromatic heterocycles. The third-order valence-corrected chi connectivity index (χ3v) is 4.40. The molecule has 3 rings (SSSR count). The number of amides is 1. The number of carbonyl (C=O) groups excluding carboxylic acids is 1. The number of pyridine rings is 1. The number of benzene rings is 1. The molecule has 0 bridgehead atoms. The molecule has 0 atom stereocenters. The van der Waals surface area contributed by atoms with Crippen molar-refractivity contribution in [2.45, 2.75) is 29.2 Å². The Labute approximate surface area is 116 Å². The molecule has 0 aliphatic carbocycles. The van der Waals surface area contributed by atoms with Crippen molar-refractivity contribution in [3.63, 3.8) is 0 Å². The molecule has 19 heavy (non-hydrogen) atoms. The van der Waals surface area contributed by atoms with Gasteiger partial charge in [0.25, 0.3) is 0 Å². The van der Waals surface area contributed by atoms with Crippen LogP contribution in [0.2, 0.25) is 0 Å². The van der Waals surface area contributed by atoms with Crippen molar-refractivity contribution >= 4 is 17.7 Å². The van der Waals surface area contributed by atoms with Crippen LogP contribution in [0.4, 0.5) is 0 Å². The Hall–Kier alpha value is -1.81. The van der Waals surface area contributed by atoms with Crippen LogP contribution in [0.1, 0.15) is 16.7 Å². The molecule has 2 heterocycles. The molecule has 0 saturated carbocycles. The second kappa shape index (κ2) is 5.05. The third kappa shape index (κ3) is 2.63. The summed E-state index contributed by atoms with van der Waals surface area (Å²) in [6.45, 7) is 0. The molecule has 0 saturated heterocycles. The van der Waals surface area contributed by atoms with E-state index in [2.05, 4.69) is 23.2 Å². The molecule has 3 nitrogen and oxygen atoms in total. The van der Waals surface area contributed by atoms with Crippen LogP contribution in [0.3, 0.4) is 0 Å². The number of fused-ring (bicyclic) bond motifs is 2. The fourth-order valence-corrected chi connectivity index (χ4v) is 3.37. The van der Waals surface area contributed by atoms with Crippen LogP contribution < -0.4 is 5.73 Å². The van der Waals surface area contributed by atoms with E-state index in [1.54, 1.807) is 11.8 Å². The molecule has 0 fully saturated rings. The minimum absolute atomic E-state index is 0.286. The Balaban J connectivity index is 1.95. The van der Waals surface area contributed by atoms with Gasteiger partial charge in [-0.3, -0.25) is 4.79 Å². The van der Waals surface area contributed by atoms with E-state index in [-0.39, 0.29) is 5.91 Å². The Morgan fingerprint density at radius 2 is 2.11 bits per heavy atom. The summed E-state index contributed by atoms with van der Waals surface area (Å²) < 4.78 is 0. The van der Waals surface area contributed by atoms with Crippen molar-refractivity contribution in [2.24, 2.45) is 5.73 Å². The number of nitrogens with zero attached hydrogens (tertiary/aromatic N) is 1. The summed E-state index contributed by atoms with van der Waals surface area (Å²) in [6, 6.07) is 10.3. The van der Waals surface area contributed by atoms with Crippen molar-refractivity contribution in [1.82, 2.24) is 4.98 Å². The number of hydrogen-bond acceptors (Lipinski definition) is 3. The highest BCUT2D eigenvalue weighted by Crippen LogP contribution is 2.35. The van der Waals surface area contributed by atoms with E-state index in [1.165, 1.54) is 16.0 Å². The topological polar surface area (TPSA) is 56.0 Å². The zero-order valence-electron chi connectivity index (χ0n) is 10.4. The highest BCUT2D eigenvalue weighted by molar-refractivity contribution is 7.99. The van der Waals surface area contributed by atoms with E-state index in [9.17, 15) is 4.79 Å². The molecule has 0 radical (unpaired) electrons. The van der Waals surface area contributed by atoms with Gasteiger partial charge < -0.3 is 5.73 Å². The van der Waals surface area contributed by atoms with Gasteiger partial charge in [-0.2, -0.15) is 0 Å². The van der Waals surface area contributed by atoms with E-state index in [1.807, 2.05) is 18.3 Å². The lowest BCUT2D eigenvalue weighted by atomic mass is 10.0. The van der Waals surface area contributed by atoms with Gasteiger partial charge in [0.05, 0.1) is 6.42 Å². The maximum Gasteiger partial charge on any atom is 0.221 e. The maximum atomic E-state index is 11.0. The minimum Gasteiger partial charge on any atom is -0.369 e. The van der Waals surface area contributed by atoms with Gasteiger partial charge in [-0.05, 0) is 41.7 Å². The van der Waals surface area contributed by atoms with Crippen molar-refractivity contribution in [1.29, 1.82) is 0 Å². The molecule has 1 amide bonds. The molecule has 0 spiro atoms. The normalized spacial score (nSPS) is 13.3. The standard InChI is InChI=1S/C15H14N2OS/c16-14(18)9-10-3-6-13-12(8-10)5-4-11-2-1-7-17-15(11)19-13/h1-3,6-8H,4-5,9H2,(H2,16,18). The van der Waals surface area contributed by atoms with Crippen LogP contribution in [-0.4, -0.2) is 10.9 Å². The Kier molecular flexibility index (Phi) is 3.25. The highest BCUT2D eigenvalue weighted by Gasteiger charge is 2.15. The predicted molar refractivity (Wildman–Crippen MR) is 75.1 cm³/mol. The van der Waals surface area contributed by atoms with Crippen molar-refractivity contribution in [3.05, 3.63) is 53.2 Å². The van der Waals surface area contributed by atoms with Gasteiger partial charge in [-0.25, -0.2) is 4.98 Å². The number of nitrogens with two attached hydrogens (primary N) is 1. The number of primary amides is 1. The van der Waals surface area contributed by atoms with E-state index >= 15 is 0 Å². The second-order valence-corrected chi connectivity index (χ2v) is 5.69. The minimum atomic E-state index is -0.286. The van der Waals surface area contributed by atoms with Gasteiger partial charge in [0.15, 0.2) is 0 Å².